The van der Waals surface area contributed by atoms with Crippen LogP contribution < -0.4 is 0 Å². The van der Waals surface area contributed by atoms with Gasteiger partial charge in [0.05, 0.1) is 14.7 Å². The molecule has 0 saturated carbocycles. The van der Waals surface area contributed by atoms with Crippen LogP contribution in [-0.2, 0) is 20.0 Å². The van der Waals surface area contributed by atoms with Crippen LogP contribution >= 0.6 is 0 Å². The standard InChI is InChI=1S/C12H10O5S2.K.H/c13-18(14,10-5-2-1-3-6-10)11-7-4-8-12(9-11)19(15,16)17;;/h1-9H,(H,15,16,17);;. The van der Waals surface area contributed by atoms with E-state index in [9.17, 15) is 16.8 Å². The van der Waals surface area contributed by atoms with Gasteiger partial charge < -0.3 is 0 Å². The summed E-state index contributed by atoms with van der Waals surface area (Å²) in [5.74, 6) is 0. The molecule has 8 heteroatoms. The van der Waals surface area contributed by atoms with Gasteiger partial charge in [-0.2, -0.15) is 8.42 Å². The van der Waals surface area contributed by atoms with Gasteiger partial charge in [0.25, 0.3) is 10.1 Å². The van der Waals surface area contributed by atoms with Gasteiger partial charge in [-0.15, -0.1) is 0 Å². The molecule has 20 heavy (non-hydrogen) atoms. The van der Waals surface area contributed by atoms with Gasteiger partial charge in [-0.1, -0.05) is 24.3 Å². The Morgan fingerprint density at radius 1 is 0.700 bits per heavy atom. The third-order valence-corrected chi connectivity index (χ3v) is 5.08. The zero-order chi connectivity index (χ0) is 14.1. The summed E-state index contributed by atoms with van der Waals surface area (Å²) in [5, 5.41) is 0. The van der Waals surface area contributed by atoms with Crippen molar-refractivity contribution in [3.63, 3.8) is 0 Å². The second kappa shape index (κ2) is 6.80. The fourth-order valence-electron chi connectivity index (χ4n) is 1.54. The molecule has 0 unspecified atom stereocenters. The number of hydrogen-bond acceptors (Lipinski definition) is 4. The fraction of sp³-hybridized carbons (Fsp3) is 0. The van der Waals surface area contributed by atoms with Crippen LogP contribution in [0.4, 0.5) is 0 Å². The maximum atomic E-state index is 12.2. The third-order valence-electron chi connectivity index (χ3n) is 2.47. The Kier molecular flexibility index (Phi) is 6.11. The van der Waals surface area contributed by atoms with Crippen molar-refractivity contribution in [2.24, 2.45) is 0 Å². The van der Waals surface area contributed by atoms with Crippen LogP contribution in [0.1, 0.15) is 0 Å². The number of hydrogen-bond donors (Lipinski definition) is 1. The molecule has 0 aliphatic carbocycles. The molecule has 2 rings (SSSR count). The van der Waals surface area contributed by atoms with Crippen molar-refractivity contribution in [3.05, 3.63) is 54.6 Å². The van der Waals surface area contributed by atoms with Crippen LogP contribution in [0.3, 0.4) is 0 Å². The summed E-state index contributed by atoms with van der Waals surface area (Å²) in [6.07, 6.45) is 0. The van der Waals surface area contributed by atoms with Gasteiger partial charge in [0, 0.05) is 0 Å². The van der Waals surface area contributed by atoms with Crippen LogP contribution in [-0.4, -0.2) is 72.8 Å². The summed E-state index contributed by atoms with van der Waals surface area (Å²) in [5.41, 5.74) is 0. The topological polar surface area (TPSA) is 88.5 Å². The van der Waals surface area contributed by atoms with Gasteiger partial charge in [0.15, 0.2) is 0 Å². The fourth-order valence-corrected chi connectivity index (χ4v) is 3.47. The van der Waals surface area contributed by atoms with E-state index in [2.05, 4.69) is 0 Å². The molecule has 0 atom stereocenters. The van der Waals surface area contributed by atoms with Gasteiger partial charge in [-0.05, 0) is 30.3 Å². The molecule has 0 spiro atoms. The van der Waals surface area contributed by atoms with Crippen molar-refractivity contribution in [3.8, 4) is 0 Å². The maximum absolute atomic E-state index is 12.2. The summed E-state index contributed by atoms with van der Waals surface area (Å²) in [4.78, 5) is -0.583. The first-order valence-electron chi connectivity index (χ1n) is 5.19. The normalized spacial score (nSPS) is 11.7. The Bertz CT molecular complexity index is 799. The molecular formula is C12H11KO5S2. The minimum atomic E-state index is -4.43. The van der Waals surface area contributed by atoms with Crippen molar-refractivity contribution in [1.82, 2.24) is 0 Å². The van der Waals surface area contributed by atoms with E-state index in [1.807, 2.05) is 0 Å². The first-order valence-corrected chi connectivity index (χ1v) is 8.12. The Labute approximate surface area is 160 Å². The SMILES string of the molecule is O=S(=O)(O)c1cccc(S(=O)(=O)c2ccccc2)c1.[KH]. The Morgan fingerprint density at radius 3 is 1.75 bits per heavy atom. The molecule has 5 nitrogen and oxygen atoms in total. The monoisotopic (exact) mass is 338 g/mol. The molecule has 0 radical (unpaired) electrons. The van der Waals surface area contributed by atoms with E-state index >= 15 is 0 Å². The second-order valence-electron chi connectivity index (χ2n) is 3.77. The molecule has 1 N–H and O–H groups in total. The first kappa shape index (κ1) is 18.0. The summed E-state index contributed by atoms with van der Waals surface area (Å²) in [6, 6.07) is 12.2. The average molecular weight is 338 g/mol. The minimum absolute atomic E-state index is 0. The molecule has 0 saturated heterocycles. The third kappa shape index (κ3) is 3.98. The van der Waals surface area contributed by atoms with E-state index in [0.29, 0.717) is 0 Å². The average Bonchev–Trinajstić information content (AvgIpc) is 2.39. The van der Waals surface area contributed by atoms with E-state index in [-0.39, 0.29) is 61.2 Å². The molecule has 0 aliphatic rings. The van der Waals surface area contributed by atoms with Crippen LogP contribution in [0.15, 0.2) is 69.3 Å². The first-order chi connectivity index (χ1) is 8.82. The number of sulfone groups is 1. The molecule has 0 aliphatic heterocycles. The molecule has 0 aromatic heterocycles. The molecule has 2 aromatic rings. The van der Waals surface area contributed by atoms with Crippen LogP contribution in [0, 0.1) is 0 Å². The molecule has 0 amide bonds. The quantitative estimate of drug-likeness (QED) is 0.669. The Morgan fingerprint density at radius 2 is 1.20 bits per heavy atom. The van der Waals surface area contributed by atoms with E-state index in [4.69, 9.17) is 4.55 Å². The Balaban J connectivity index is 0.00000200. The summed E-state index contributed by atoms with van der Waals surface area (Å²) >= 11 is 0. The van der Waals surface area contributed by atoms with Gasteiger partial charge in [-0.3, -0.25) is 4.55 Å². The zero-order valence-corrected chi connectivity index (χ0v) is 11.2. The van der Waals surface area contributed by atoms with Gasteiger partial charge in [-0.25, -0.2) is 8.42 Å². The summed E-state index contributed by atoms with van der Waals surface area (Å²) in [6.45, 7) is 0. The molecule has 102 valence electrons. The van der Waals surface area contributed by atoms with E-state index in [1.54, 1.807) is 18.2 Å². The number of benzene rings is 2. The van der Waals surface area contributed by atoms with Crippen LogP contribution in [0.5, 0.6) is 0 Å². The second-order valence-corrected chi connectivity index (χ2v) is 7.14. The molecule has 0 fully saturated rings. The van der Waals surface area contributed by atoms with Crippen LogP contribution in [0.25, 0.3) is 0 Å². The number of rotatable bonds is 3. The summed E-state index contributed by atoms with van der Waals surface area (Å²) in [7, 11) is -8.23. The predicted octanol–water partition coefficient (Wildman–Crippen LogP) is 1.12. The van der Waals surface area contributed by atoms with Crippen molar-refractivity contribution < 1.29 is 21.4 Å². The van der Waals surface area contributed by atoms with E-state index in [1.165, 1.54) is 24.3 Å². The van der Waals surface area contributed by atoms with Crippen molar-refractivity contribution in [2.45, 2.75) is 14.7 Å². The van der Waals surface area contributed by atoms with Crippen LogP contribution in [0.2, 0.25) is 0 Å². The van der Waals surface area contributed by atoms with Gasteiger partial charge >= 0.3 is 51.4 Å². The van der Waals surface area contributed by atoms with E-state index in [0.717, 1.165) is 12.1 Å². The molecular weight excluding hydrogens is 327 g/mol. The zero-order valence-electron chi connectivity index (χ0n) is 9.59. The predicted molar refractivity (Wildman–Crippen MR) is 75.3 cm³/mol. The van der Waals surface area contributed by atoms with Crippen molar-refractivity contribution in [2.75, 3.05) is 0 Å². The van der Waals surface area contributed by atoms with Gasteiger partial charge in [0.1, 0.15) is 0 Å². The Hall–Kier alpha value is -0.0636. The van der Waals surface area contributed by atoms with Gasteiger partial charge in [0.2, 0.25) is 9.84 Å². The summed E-state index contributed by atoms with van der Waals surface area (Å²) < 4.78 is 55.4. The van der Waals surface area contributed by atoms with Crippen molar-refractivity contribution in [1.29, 1.82) is 0 Å². The van der Waals surface area contributed by atoms with E-state index < -0.39 is 24.9 Å². The molecule has 0 bridgehead atoms. The molecule has 2 aromatic carbocycles. The molecule has 0 heterocycles. The van der Waals surface area contributed by atoms with Crippen molar-refractivity contribution >= 4 is 71.3 Å².